The van der Waals surface area contributed by atoms with Crippen molar-refractivity contribution in [1.82, 2.24) is 9.55 Å². The van der Waals surface area contributed by atoms with Gasteiger partial charge in [0.2, 0.25) is 0 Å². The number of allylic oxidation sites excluding steroid dienone is 2. The van der Waals surface area contributed by atoms with Gasteiger partial charge in [-0.15, -0.1) is 0 Å². The van der Waals surface area contributed by atoms with Crippen LogP contribution >= 0.6 is 11.6 Å². The third-order valence-corrected chi connectivity index (χ3v) is 3.29. The van der Waals surface area contributed by atoms with Crippen LogP contribution < -0.4 is 11.2 Å². The van der Waals surface area contributed by atoms with Gasteiger partial charge in [0, 0.05) is 18.2 Å². The monoisotopic (exact) mass is 314 g/mol. The number of H-pyrrole nitrogens is 1. The molecular formula is C13H15ClN2O5. The largest absolute Gasteiger partial charge is 0.394 e. The van der Waals surface area contributed by atoms with Crippen molar-refractivity contribution in [3.05, 3.63) is 50.3 Å². The number of aliphatic hydroxyl groups excluding tert-OH is 2. The highest BCUT2D eigenvalue weighted by atomic mass is 35.5. The van der Waals surface area contributed by atoms with Gasteiger partial charge in [0.15, 0.2) is 0 Å². The van der Waals surface area contributed by atoms with Gasteiger partial charge in [-0.2, -0.15) is 0 Å². The minimum atomic E-state index is -0.864. The fourth-order valence-corrected chi connectivity index (χ4v) is 2.17. The average Bonchev–Trinajstić information content (AvgIpc) is 2.82. The lowest BCUT2D eigenvalue weighted by Crippen LogP contribution is -2.33. The number of aliphatic hydroxyl groups is 2. The smallest absolute Gasteiger partial charge is 0.330 e. The number of ether oxygens (including phenoxy) is 1. The van der Waals surface area contributed by atoms with Crippen LogP contribution in [0.4, 0.5) is 0 Å². The number of aromatic amines is 1. The zero-order valence-electron chi connectivity index (χ0n) is 11.0. The van der Waals surface area contributed by atoms with E-state index in [0.717, 1.165) is 0 Å². The minimum Gasteiger partial charge on any atom is -0.394 e. The van der Waals surface area contributed by atoms with Crippen molar-refractivity contribution in [2.75, 3.05) is 6.61 Å². The van der Waals surface area contributed by atoms with E-state index in [0.29, 0.717) is 0 Å². The molecule has 1 unspecified atom stereocenters. The van der Waals surface area contributed by atoms with Crippen LogP contribution in [-0.2, 0) is 4.74 Å². The van der Waals surface area contributed by atoms with Gasteiger partial charge in [0.05, 0.1) is 18.3 Å². The van der Waals surface area contributed by atoms with Crippen LogP contribution in [0.1, 0.15) is 18.2 Å². The highest BCUT2D eigenvalue weighted by molar-refractivity contribution is 6.25. The first-order valence-electron chi connectivity index (χ1n) is 6.30. The van der Waals surface area contributed by atoms with Gasteiger partial charge in [-0.25, -0.2) is 4.79 Å². The van der Waals surface area contributed by atoms with E-state index in [9.17, 15) is 14.7 Å². The molecule has 0 bridgehead atoms. The molecule has 3 N–H and O–H groups in total. The van der Waals surface area contributed by atoms with Gasteiger partial charge in [-0.1, -0.05) is 23.8 Å². The zero-order valence-corrected chi connectivity index (χ0v) is 11.7. The van der Waals surface area contributed by atoms with Crippen molar-refractivity contribution in [3.8, 4) is 0 Å². The van der Waals surface area contributed by atoms with Crippen LogP contribution in [0, 0.1) is 0 Å². The standard InChI is InChI=1S/C13H15ClN2O5/c14-4-2-1-3-8-6-16(13(20)15-12(8)19)11-5-9(18)10(7-17)21-11/h1-4,6,9-11,17-18H,5,7H2,(H,15,19,20)/t9?,10-,11-/m0/s1. The summed E-state index contributed by atoms with van der Waals surface area (Å²) in [5, 5.41) is 18.7. The fraction of sp³-hybridized carbons (Fsp3) is 0.385. The Morgan fingerprint density at radius 3 is 2.86 bits per heavy atom. The Labute approximate surface area is 124 Å². The van der Waals surface area contributed by atoms with Crippen LogP contribution in [0.3, 0.4) is 0 Å². The van der Waals surface area contributed by atoms with Crippen LogP contribution in [0.5, 0.6) is 0 Å². The summed E-state index contributed by atoms with van der Waals surface area (Å²) in [7, 11) is 0. The lowest BCUT2D eigenvalue weighted by molar-refractivity contribution is -0.0459. The minimum absolute atomic E-state index is 0.155. The average molecular weight is 315 g/mol. The number of hydrogen-bond donors (Lipinski definition) is 3. The number of nitrogens with one attached hydrogen (secondary N) is 1. The van der Waals surface area contributed by atoms with E-state index in [1.807, 2.05) is 0 Å². The molecule has 0 spiro atoms. The molecule has 0 saturated carbocycles. The maximum Gasteiger partial charge on any atom is 0.330 e. The summed E-state index contributed by atoms with van der Waals surface area (Å²) < 4.78 is 6.58. The summed E-state index contributed by atoms with van der Waals surface area (Å²) in [5.41, 5.74) is 0.353. The number of halogens is 1. The Kier molecular flexibility index (Phi) is 5.13. The second-order valence-electron chi connectivity index (χ2n) is 4.54. The predicted molar refractivity (Wildman–Crippen MR) is 77.0 cm³/mol. The van der Waals surface area contributed by atoms with Crippen molar-refractivity contribution in [1.29, 1.82) is 0 Å². The van der Waals surface area contributed by atoms with E-state index in [1.54, 1.807) is 6.08 Å². The van der Waals surface area contributed by atoms with Crippen molar-refractivity contribution >= 4 is 17.7 Å². The van der Waals surface area contributed by atoms with E-state index in [4.69, 9.17) is 21.4 Å². The molecule has 1 fully saturated rings. The Bertz CT molecular complexity index is 663. The fourth-order valence-electron chi connectivity index (χ4n) is 2.09. The Balaban J connectivity index is 2.34. The third-order valence-electron chi connectivity index (χ3n) is 3.15. The summed E-state index contributed by atoms with van der Waals surface area (Å²) in [6.07, 6.45) is 3.71. The molecule has 0 amide bonds. The maximum absolute atomic E-state index is 11.8. The molecule has 1 saturated heterocycles. The van der Waals surface area contributed by atoms with E-state index in [1.165, 1.54) is 28.5 Å². The van der Waals surface area contributed by atoms with E-state index in [2.05, 4.69) is 4.98 Å². The molecule has 1 aliphatic rings. The van der Waals surface area contributed by atoms with Gasteiger partial charge in [-0.3, -0.25) is 14.3 Å². The van der Waals surface area contributed by atoms with Crippen molar-refractivity contribution in [2.45, 2.75) is 24.9 Å². The molecule has 7 nitrogen and oxygen atoms in total. The molecule has 2 heterocycles. The number of hydrogen-bond acceptors (Lipinski definition) is 5. The lowest BCUT2D eigenvalue weighted by atomic mass is 10.2. The SMILES string of the molecule is O=c1[nH]c(=O)n([C@@H]2CC(O)[C@H](CO)O2)cc1C=CC=CCl. The summed E-state index contributed by atoms with van der Waals surface area (Å²) >= 11 is 5.37. The van der Waals surface area contributed by atoms with Gasteiger partial charge in [0.25, 0.3) is 5.56 Å². The van der Waals surface area contributed by atoms with Gasteiger partial charge < -0.3 is 14.9 Å². The number of nitrogens with zero attached hydrogens (tertiary/aromatic N) is 1. The first kappa shape index (κ1) is 15.7. The topological polar surface area (TPSA) is 105 Å². The van der Waals surface area contributed by atoms with Gasteiger partial charge in [-0.05, 0) is 6.08 Å². The molecule has 0 radical (unpaired) electrons. The summed E-state index contributed by atoms with van der Waals surface area (Å²) in [6.45, 7) is -0.344. The molecular weight excluding hydrogens is 300 g/mol. The number of aromatic nitrogens is 2. The Morgan fingerprint density at radius 1 is 1.48 bits per heavy atom. The second kappa shape index (κ2) is 6.86. The highest BCUT2D eigenvalue weighted by Gasteiger charge is 2.35. The van der Waals surface area contributed by atoms with Crippen molar-refractivity contribution < 1.29 is 14.9 Å². The quantitative estimate of drug-likeness (QED) is 0.676. The van der Waals surface area contributed by atoms with E-state index < -0.39 is 29.7 Å². The molecule has 8 heteroatoms. The molecule has 21 heavy (non-hydrogen) atoms. The molecule has 0 aliphatic carbocycles. The number of rotatable bonds is 4. The van der Waals surface area contributed by atoms with Crippen LogP contribution in [-0.4, -0.2) is 38.6 Å². The van der Waals surface area contributed by atoms with Crippen molar-refractivity contribution in [3.63, 3.8) is 0 Å². The first-order valence-corrected chi connectivity index (χ1v) is 6.73. The predicted octanol–water partition coefficient (Wildman–Crippen LogP) is -0.0570. The van der Waals surface area contributed by atoms with Gasteiger partial charge in [0.1, 0.15) is 12.3 Å². The summed E-state index contributed by atoms with van der Waals surface area (Å²) in [4.78, 5) is 25.7. The second-order valence-corrected chi connectivity index (χ2v) is 4.80. The molecule has 1 aliphatic heterocycles. The Hall–Kier alpha value is -1.67. The zero-order chi connectivity index (χ0) is 15.4. The molecule has 3 atom stereocenters. The molecule has 1 aromatic heterocycles. The first-order chi connectivity index (χ1) is 10.1. The molecule has 1 aromatic rings. The highest BCUT2D eigenvalue weighted by Crippen LogP contribution is 2.27. The molecule has 0 aromatic carbocycles. The van der Waals surface area contributed by atoms with Crippen LogP contribution in [0.2, 0.25) is 0 Å². The molecule has 2 rings (SSSR count). The summed E-state index contributed by atoms with van der Waals surface area (Å²) in [6, 6.07) is 0. The van der Waals surface area contributed by atoms with E-state index in [-0.39, 0.29) is 18.6 Å². The molecule has 114 valence electrons. The van der Waals surface area contributed by atoms with Crippen LogP contribution in [0.25, 0.3) is 6.08 Å². The third kappa shape index (κ3) is 3.51. The van der Waals surface area contributed by atoms with Gasteiger partial charge >= 0.3 is 5.69 Å². The Morgan fingerprint density at radius 2 is 2.24 bits per heavy atom. The lowest BCUT2D eigenvalue weighted by Gasteiger charge is -2.14. The summed E-state index contributed by atoms with van der Waals surface area (Å²) in [5.74, 6) is 0. The van der Waals surface area contributed by atoms with Crippen LogP contribution in [0.15, 0.2) is 33.5 Å². The van der Waals surface area contributed by atoms with E-state index >= 15 is 0 Å². The normalized spacial score (nSPS) is 26.1. The maximum atomic E-state index is 11.8. The van der Waals surface area contributed by atoms with Crippen molar-refractivity contribution in [2.24, 2.45) is 0 Å².